The molecule has 0 atom stereocenters. The summed E-state index contributed by atoms with van der Waals surface area (Å²) in [5.74, 6) is 5.86. The fourth-order valence-electron chi connectivity index (χ4n) is 3.98. The van der Waals surface area contributed by atoms with Gasteiger partial charge in [-0.05, 0) is 40.8 Å². The van der Waals surface area contributed by atoms with Crippen LogP contribution in [0, 0.1) is 28.9 Å². The van der Waals surface area contributed by atoms with E-state index in [1.165, 1.54) is 34.4 Å². The van der Waals surface area contributed by atoms with Crippen LogP contribution in [0.5, 0.6) is 0 Å². The summed E-state index contributed by atoms with van der Waals surface area (Å²) in [5, 5.41) is 13.7. The third kappa shape index (κ3) is 4.62. The van der Waals surface area contributed by atoms with Crippen molar-refractivity contribution in [1.82, 2.24) is 5.32 Å². The summed E-state index contributed by atoms with van der Waals surface area (Å²) in [4.78, 5) is 22.7. The Morgan fingerprint density at radius 3 is 2.38 bits per heavy atom. The van der Waals surface area contributed by atoms with Crippen LogP contribution in [0.4, 0.5) is 10.5 Å². The summed E-state index contributed by atoms with van der Waals surface area (Å²) in [6.45, 7) is 2.38. The lowest BCUT2D eigenvalue weighted by Gasteiger charge is -2.14. The molecule has 1 amide bonds. The molecule has 1 aliphatic rings. The molecule has 0 saturated heterocycles. The summed E-state index contributed by atoms with van der Waals surface area (Å²) < 4.78 is 5.49. The van der Waals surface area contributed by atoms with Crippen LogP contribution in [0.25, 0.3) is 11.1 Å². The molecule has 6 nitrogen and oxygen atoms in total. The van der Waals surface area contributed by atoms with E-state index in [1.54, 1.807) is 13.0 Å². The Hall–Kier alpha value is -4.11. The zero-order chi connectivity index (χ0) is 22.5. The Bertz CT molecular complexity index is 1190. The van der Waals surface area contributed by atoms with E-state index in [4.69, 9.17) is 4.74 Å². The summed E-state index contributed by atoms with van der Waals surface area (Å²) in [6.07, 6.45) is -0.0776. The van der Waals surface area contributed by atoms with Gasteiger partial charge in [0, 0.05) is 36.6 Å². The van der Waals surface area contributed by atoms with Gasteiger partial charge in [0.15, 0.2) is 0 Å². The zero-order valence-electron chi connectivity index (χ0n) is 17.6. The second kappa shape index (κ2) is 9.36. The number of carbonyl (C=O) groups is 1. The van der Waals surface area contributed by atoms with E-state index >= 15 is 0 Å². The first kappa shape index (κ1) is 21.1. The maximum absolute atomic E-state index is 12.2. The Kier molecular flexibility index (Phi) is 6.18. The van der Waals surface area contributed by atoms with Gasteiger partial charge in [-0.25, -0.2) is 4.79 Å². The number of nitrogens with zero attached hydrogens (tertiary/aromatic N) is 1. The van der Waals surface area contributed by atoms with Crippen LogP contribution in [-0.2, 0) is 4.74 Å². The number of benzene rings is 3. The Morgan fingerprint density at radius 1 is 1.06 bits per heavy atom. The lowest BCUT2D eigenvalue weighted by Crippen LogP contribution is -2.26. The number of fused-ring (bicyclic) bond motifs is 3. The van der Waals surface area contributed by atoms with Crippen molar-refractivity contribution < 1.29 is 14.5 Å². The molecule has 3 aromatic carbocycles. The van der Waals surface area contributed by atoms with Gasteiger partial charge in [0.1, 0.15) is 6.61 Å². The number of rotatable bonds is 5. The Labute approximate surface area is 186 Å². The Morgan fingerprint density at radius 2 is 1.72 bits per heavy atom. The summed E-state index contributed by atoms with van der Waals surface area (Å²) >= 11 is 0. The highest BCUT2D eigenvalue weighted by atomic mass is 16.6. The average molecular weight is 426 g/mol. The fraction of sp³-hybridized carbons (Fsp3) is 0.192. The first-order valence-corrected chi connectivity index (χ1v) is 10.4. The Balaban J connectivity index is 1.29. The van der Waals surface area contributed by atoms with Gasteiger partial charge in [-0.2, -0.15) is 0 Å². The molecule has 32 heavy (non-hydrogen) atoms. The maximum Gasteiger partial charge on any atom is 0.407 e. The highest BCUT2D eigenvalue weighted by Crippen LogP contribution is 2.44. The van der Waals surface area contributed by atoms with Crippen molar-refractivity contribution in [1.29, 1.82) is 0 Å². The molecule has 1 N–H and O–H groups in total. The average Bonchev–Trinajstić information content (AvgIpc) is 3.11. The number of nitrogens with one attached hydrogen (secondary N) is 1. The highest BCUT2D eigenvalue weighted by Gasteiger charge is 2.28. The molecule has 3 aromatic rings. The number of hydrogen-bond donors (Lipinski definition) is 1. The SMILES string of the molecule is Cc1cc(C#CCCNC(=O)OCC2c3ccccc3-c3ccccc32)cc([N+](=O)[O-])c1. The number of amides is 1. The molecular weight excluding hydrogens is 404 g/mol. The minimum absolute atomic E-state index is 0.0186. The molecule has 0 radical (unpaired) electrons. The third-order valence-corrected chi connectivity index (χ3v) is 5.37. The predicted octanol–water partition coefficient (Wildman–Crippen LogP) is 5.18. The van der Waals surface area contributed by atoms with Gasteiger partial charge in [0.2, 0.25) is 0 Å². The van der Waals surface area contributed by atoms with Crippen molar-refractivity contribution >= 4 is 11.8 Å². The van der Waals surface area contributed by atoms with Crippen LogP contribution in [0.1, 0.15) is 34.6 Å². The summed E-state index contributed by atoms with van der Waals surface area (Å²) in [5.41, 5.74) is 6.08. The molecule has 6 heteroatoms. The van der Waals surface area contributed by atoms with Crippen LogP contribution < -0.4 is 5.32 Å². The minimum Gasteiger partial charge on any atom is -0.449 e. The van der Waals surface area contributed by atoms with Gasteiger partial charge in [-0.1, -0.05) is 60.4 Å². The van der Waals surface area contributed by atoms with Gasteiger partial charge in [0.05, 0.1) is 4.92 Å². The van der Waals surface area contributed by atoms with E-state index in [1.807, 2.05) is 24.3 Å². The molecule has 0 saturated carbocycles. The van der Waals surface area contributed by atoms with Crippen LogP contribution >= 0.6 is 0 Å². The number of nitro groups is 1. The van der Waals surface area contributed by atoms with Crippen molar-refractivity contribution in [3.63, 3.8) is 0 Å². The van der Waals surface area contributed by atoms with E-state index in [0.717, 1.165) is 5.56 Å². The summed E-state index contributed by atoms with van der Waals surface area (Å²) in [7, 11) is 0. The number of carbonyl (C=O) groups excluding carboxylic acids is 1. The number of alkyl carbamates (subject to hydrolysis) is 1. The highest BCUT2D eigenvalue weighted by molar-refractivity contribution is 5.79. The smallest absolute Gasteiger partial charge is 0.407 e. The van der Waals surface area contributed by atoms with E-state index < -0.39 is 11.0 Å². The van der Waals surface area contributed by atoms with E-state index in [9.17, 15) is 14.9 Å². The normalized spacial score (nSPS) is 11.7. The minimum atomic E-state index is -0.486. The number of nitro benzene ring substituents is 1. The molecule has 0 spiro atoms. The molecule has 0 fully saturated rings. The van der Waals surface area contributed by atoms with Crippen molar-refractivity contribution in [3.8, 4) is 23.0 Å². The zero-order valence-corrected chi connectivity index (χ0v) is 17.6. The van der Waals surface area contributed by atoms with E-state index in [0.29, 0.717) is 18.5 Å². The van der Waals surface area contributed by atoms with Gasteiger partial charge >= 0.3 is 6.09 Å². The molecule has 0 aliphatic heterocycles. The predicted molar refractivity (Wildman–Crippen MR) is 122 cm³/mol. The quantitative estimate of drug-likeness (QED) is 0.264. The molecule has 0 bridgehead atoms. The molecular formula is C26H22N2O4. The van der Waals surface area contributed by atoms with E-state index in [2.05, 4.69) is 41.4 Å². The molecule has 0 unspecified atom stereocenters. The van der Waals surface area contributed by atoms with Crippen LogP contribution in [-0.4, -0.2) is 24.2 Å². The number of hydrogen-bond acceptors (Lipinski definition) is 4. The first-order chi connectivity index (χ1) is 15.5. The van der Waals surface area contributed by atoms with Crippen molar-refractivity contribution in [2.75, 3.05) is 13.2 Å². The lowest BCUT2D eigenvalue weighted by atomic mass is 9.98. The van der Waals surface area contributed by atoms with Crippen molar-refractivity contribution in [2.24, 2.45) is 0 Å². The van der Waals surface area contributed by atoms with Gasteiger partial charge in [-0.3, -0.25) is 10.1 Å². The first-order valence-electron chi connectivity index (χ1n) is 10.4. The summed E-state index contributed by atoms with van der Waals surface area (Å²) in [6, 6.07) is 21.1. The fourth-order valence-corrected chi connectivity index (χ4v) is 3.98. The molecule has 0 aromatic heterocycles. The molecule has 160 valence electrons. The van der Waals surface area contributed by atoms with Crippen LogP contribution in [0.15, 0.2) is 66.7 Å². The monoisotopic (exact) mass is 426 g/mol. The molecule has 4 rings (SSSR count). The maximum atomic E-state index is 12.2. The van der Waals surface area contributed by atoms with Gasteiger partial charge < -0.3 is 10.1 Å². The number of ether oxygens (including phenoxy) is 1. The third-order valence-electron chi connectivity index (χ3n) is 5.37. The topological polar surface area (TPSA) is 81.5 Å². The number of non-ortho nitro benzene ring substituents is 1. The largest absolute Gasteiger partial charge is 0.449 e. The van der Waals surface area contributed by atoms with E-state index in [-0.39, 0.29) is 18.2 Å². The second-order valence-corrected chi connectivity index (χ2v) is 7.62. The number of aryl methyl sites for hydroxylation is 1. The second-order valence-electron chi connectivity index (χ2n) is 7.62. The van der Waals surface area contributed by atoms with Gasteiger partial charge in [-0.15, -0.1) is 0 Å². The van der Waals surface area contributed by atoms with Crippen LogP contribution in [0.2, 0.25) is 0 Å². The van der Waals surface area contributed by atoms with Gasteiger partial charge in [0.25, 0.3) is 5.69 Å². The molecule has 0 heterocycles. The van der Waals surface area contributed by atoms with Crippen LogP contribution in [0.3, 0.4) is 0 Å². The van der Waals surface area contributed by atoms with Crippen molar-refractivity contribution in [2.45, 2.75) is 19.3 Å². The standard InChI is InChI=1S/C26H22N2O4/c1-18-14-19(16-20(15-18)28(30)31)8-6-7-13-27-26(29)32-17-25-23-11-4-2-9-21(23)22-10-3-5-12-24(22)25/h2-5,9-12,14-16,25H,7,13,17H2,1H3,(H,27,29). The lowest BCUT2D eigenvalue weighted by molar-refractivity contribution is -0.384. The molecule has 1 aliphatic carbocycles. The van der Waals surface area contributed by atoms with Crippen molar-refractivity contribution in [3.05, 3.63) is 99.1 Å².